The third-order valence-corrected chi connectivity index (χ3v) is 3.37. The Hall–Kier alpha value is -0.950. The van der Waals surface area contributed by atoms with Gasteiger partial charge >= 0.3 is 0 Å². The van der Waals surface area contributed by atoms with Crippen LogP contribution in [0.5, 0.6) is 0 Å². The molecule has 0 N–H and O–H groups in total. The van der Waals surface area contributed by atoms with Gasteiger partial charge < -0.3 is 0 Å². The van der Waals surface area contributed by atoms with Gasteiger partial charge in [0.15, 0.2) is 0 Å². The van der Waals surface area contributed by atoms with Gasteiger partial charge in [-0.05, 0) is 25.7 Å². The van der Waals surface area contributed by atoms with Crippen LogP contribution in [0.2, 0.25) is 0 Å². The van der Waals surface area contributed by atoms with Gasteiger partial charge in [-0.25, -0.2) is 0 Å². The van der Waals surface area contributed by atoms with E-state index < -0.39 is 0 Å². The smallest absolute Gasteiger partial charge is 0.0699 e. The molecular weight excluding hydrogens is 170 g/mol. The van der Waals surface area contributed by atoms with E-state index in [2.05, 4.69) is 24.8 Å². The minimum Gasteiger partial charge on any atom is -0.198 e. The maximum absolute atomic E-state index is 9.26. The third-order valence-electron chi connectivity index (χ3n) is 3.37. The molecule has 1 aliphatic carbocycles. The number of nitriles is 1. The Balaban J connectivity index is 2.67. The Morgan fingerprint density at radius 1 is 1.50 bits per heavy atom. The van der Waals surface area contributed by atoms with Gasteiger partial charge in [-0.15, -0.1) is 11.8 Å². The molecule has 0 aromatic heterocycles. The summed E-state index contributed by atoms with van der Waals surface area (Å²) in [5.74, 6) is 6.74. The van der Waals surface area contributed by atoms with Crippen molar-refractivity contribution in [3.63, 3.8) is 0 Å². The Morgan fingerprint density at radius 3 is 2.86 bits per heavy atom. The molecule has 1 aliphatic rings. The maximum atomic E-state index is 9.26. The summed E-state index contributed by atoms with van der Waals surface area (Å²) in [6.45, 7) is 4.08. The first-order valence-corrected chi connectivity index (χ1v) is 5.57. The van der Waals surface area contributed by atoms with Crippen molar-refractivity contribution in [2.45, 2.75) is 52.4 Å². The first-order valence-electron chi connectivity index (χ1n) is 5.57. The number of hydrogen-bond acceptors (Lipinski definition) is 1. The average Bonchev–Trinajstić information content (AvgIpc) is 2.26. The Kier molecular flexibility index (Phi) is 4.02. The van der Waals surface area contributed by atoms with Crippen molar-refractivity contribution in [2.24, 2.45) is 11.3 Å². The van der Waals surface area contributed by atoms with Crippen molar-refractivity contribution in [1.29, 1.82) is 5.26 Å². The summed E-state index contributed by atoms with van der Waals surface area (Å²) in [6, 6.07) is 2.51. The molecule has 0 bridgehead atoms. The van der Waals surface area contributed by atoms with E-state index in [-0.39, 0.29) is 5.41 Å². The minimum absolute atomic E-state index is 0.123. The molecule has 14 heavy (non-hydrogen) atoms. The number of rotatable bonds is 2. The highest BCUT2D eigenvalue weighted by molar-refractivity contribution is 5.10. The fraction of sp³-hybridized carbons (Fsp3) is 0.769. The van der Waals surface area contributed by atoms with E-state index in [4.69, 9.17) is 0 Å². The van der Waals surface area contributed by atoms with Crippen molar-refractivity contribution < 1.29 is 0 Å². The van der Waals surface area contributed by atoms with Crippen LogP contribution in [0.25, 0.3) is 0 Å². The molecule has 1 nitrogen and oxygen atoms in total. The summed E-state index contributed by atoms with van der Waals surface area (Å²) in [5, 5.41) is 9.26. The molecule has 76 valence electrons. The van der Waals surface area contributed by atoms with Crippen LogP contribution in [0, 0.1) is 34.5 Å². The second-order valence-electron chi connectivity index (χ2n) is 4.37. The molecule has 1 fully saturated rings. The predicted molar refractivity (Wildman–Crippen MR) is 58.4 cm³/mol. The minimum atomic E-state index is -0.123. The highest BCUT2D eigenvalue weighted by Gasteiger charge is 2.35. The fourth-order valence-electron chi connectivity index (χ4n) is 2.39. The standard InChI is InChI=1S/C13H19N/c1-3-5-8-13(11-14)9-6-7-12(4-2)10-13/h12H,4,6-10H2,1-2H3. The van der Waals surface area contributed by atoms with Crippen LogP contribution < -0.4 is 0 Å². The van der Waals surface area contributed by atoms with Gasteiger partial charge in [0.05, 0.1) is 11.5 Å². The third kappa shape index (κ3) is 2.52. The van der Waals surface area contributed by atoms with E-state index in [1.807, 2.05) is 6.92 Å². The number of nitrogens with zero attached hydrogens (tertiary/aromatic N) is 1. The quantitative estimate of drug-likeness (QED) is 0.610. The summed E-state index contributed by atoms with van der Waals surface area (Å²) >= 11 is 0. The van der Waals surface area contributed by atoms with Gasteiger partial charge in [0.2, 0.25) is 0 Å². The maximum Gasteiger partial charge on any atom is 0.0699 e. The van der Waals surface area contributed by atoms with E-state index in [0.29, 0.717) is 0 Å². The zero-order chi connectivity index (χ0) is 10.4. The van der Waals surface area contributed by atoms with Crippen LogP contribution >= 0.6 is 0 Å². The molecule has 0 heterocycles. The lowest BCUT2D eigenvalue weighted by atomic mass is 9.68. The molecule has 0 spiro atoms. The number of hydrogen-bond donors (Lipinski definition) is 0. The summed E-state index contributed by atoms with van der Waals surface area (Å²) in [4.78, 5) is 0. The second kappa shape index (κ2) is 5.06. The van der Waals surface area contributed by atoms with E-state index in [9.17, 15) is 5.26 Å². The van der Waals surface area contributed by atoms with Gasteiger partial charge in [-0.1, -0.05) is 26.2 Å². The molecular formula is C13H19N. The molecule has 0 amide bonds. The first-order chi connectivity index (χ1) is 6.76. The Labute approximate surface area is 87.5 Å². The van der Waals surface area contributed by atoms with Crippen molar-refractivity contribution in [1.82, 2.24) is 0 Å². The zero-order valence-corrected chi connectivity index (χ0v) is 9.27. The molecule has 0 aromatic rings. The lowest BCUT2D eigenvalue weighted by molar-refractivity contribution is 0.199. The molecule has 0 radical (unpaired) electrons. The average molecular weight is 189 g/mol. The monoisotopic (exact) mass is 189 g/mol. The van der Waals surface area contributed by atoms with Crippen molar-refractivity contribution in [3.8, 4) is 17.9 Å². The van der Waals surface area contributed by atoms with Crippen molar-refractivity contribution in [2.75, 3.05) is 0 Å². The van der Waals surface area contributed by atoms with Crippen LogP contribution in [-0.4, -0.2) is 0 Å². The van der Waals surface area contributed by atoms with E-state index in [0.717, 1.165) is 25.2 Å². The predicted octanol–water partition coefficient (Wildman–Crippen LogP) is 3.51. The fourth-order valence-corrected chi connectivity index (χ4v) is 2.39. The van der Waals surface area contributed by atoms with Crippen LogP contribution in [-0.2, 0) is 0 Å². The van der Waals surface area contributed by atoms with Crippen LogP contribution in [0.15, 0.2) is 0 Å². The highest BCUT2D eigenvalue weighted by atomic mass is 14.4. The summed E-state index contributed by atoms with van der Waals surface area (Å²) in [7, 11) is 0. The second-order valence-corrected chi connectivity index (χ2v) is 4.37. The Morgan fingerprint density at radius 2 is 2.29 bits per heavy atom. The molecule has 1 heteroatoms. The largest absolute Gasteiger partial charge is 0.198 e. The zero-order valence-electron chi connectivity index (χ0n) is 9.27. The SMILES string of the molecule is CC#CCC1(C#N)CCCC(CC)C1. The highest BCUT2D eigenvalue weighted by Crippen LogP contribution is 2.42. The summed E-state index contributed by atoms with van der Waals surface area (Å²) < 4.78 is 0. The van der Waals surface area contributed by atoms with Crippen molar-refractivity contribution >= 4 is 0 Å². The summed E-state index contributed by atoms with van der Waals surface area (Å²) in [5.41, 5.74) is -0.123. The lowest BCUT2D eigenvalue weighted by Crippen LogP contribution is -2.26. The van der Waals surface area contributed by atoms with Gasteiger partial charge in [-0.3, -0.25) is 0 Å². The van der Waals surface area contributed by atoms with Gasteiger partial charge in [0, 0.05) is 6.42 Å². The molecule has 2 atom stereocenters. The van der Waals surface area contributed by atoms with Crippen LogP contribution in [0.3, 0.4) is 0 Å². The molecule has 1 saturated carbocycles. The molecule has 1 rings (SSSR count). The normalized spacial score (nSPS) is 31.4. The van der Waals surface area contributed by atoms with Gasteiger partial charge in [0.25, 0.3) is 0 Å². The lowest BCUT2D eigenvalue weighted by Gasteiger charge is -2.34. The summed E-state index contributed by atoms with van der Waals surface area (Å²) in [6.07, 6.45) is 6.61. The van der Waals surface area contributed by atoms with Gasteiger partial charge in [0.1, 0.15) is 0 Å². The van der Waals surface area contributed by atoms with E-state index in [1.54, 1.807) is 0 Å². The topological polar surface area (TPSA) is 23.8 Å². The molecule has 0 saturated heterocycles. The van der Waals surface area contributed by atoms with E-state index in [1.165, 1.54) is 19.3 Å². The van der Waals surface area contributed by atoms with Crippen LogP contribution in [0.1, 0.15) is 52.4 Å². The first kappa shape index (κ1) is 11.1. The van der Waals surface area contributed by atoms with Gasteiger partial charge in [-0.2, -0.15) is 5.26 Å². The van der Waals surface area contributed by atoms with Crippen molar-refractivity contribution in [3.05, 3.63) is 0 Å². The molecule has 0 aromatic carbocycles. The molecule has 2 unspecified atom stereocenters. The molecule has 0 aliphatic heterocycles. The van der Waals surface area contributed by atoms with E-state index >= 15 is 0 Å². The van der Waals surface area contributed by atoms with Crippen LogP contribution in [0.4, 0.5) is 0 Å². The Bertz CT molecular complexity index is 276.